The molecule has 6 atom stereocenters. The topological polar surface area (TPSA) is 237 Å². The summed E-state index contributed by atoms with van der Waals surface area (Å²) in [6.45, 7) is 9.43. The molecule has 3 N–H and O–H groups in total. The maximum absolute atomic E-state index is 13.0. The predicted molar refractivity (Wildman–Crippen MR) is 335 cm³/mol. The van der Waals surface area contributed by atoms with Gasteiger partial charge in [0.2, 0.25) is 0 Å². The van der Waals surface area contributed by atoms with Gasteiger partial charge in [0.15, 0.2) is 12.2 Å². The standard InChI is InChI=1S/C65H126O17P2/c1-7-10-12-14-16-24-29-37-43-49-64(69)81-60(53-75-62(67)47-41-35-27-15-13-11-8-2)55-79-83(71,72)77-51-59(66)52-78-84(73,74)80-56-61(54-76-63(68)48-42-36-32-31-34-40-46-58(6)9-3)82-65(70)50-44-38-30-26-23-21-19-17-18-20-22-25-28-33-39-45-57(4)5/h57-61,66H,7-56H2,1-6H3,(H,71,72)(H,73,74)/t58?,59-,60+,61+/m0/s1. The SMILES string of the molecule is CCCCCCCCCCCC(=O)O[C@H](COC(=O)CCCCCCCCC)COP(=O)(O)OC[C@H](O)COP(=O)(O)OC[C@@H](COC(=O)CCCCCCCCC(C)CC)OC(=O)CCCCCCCCCCCCCCCCCC(C)C. The third-order valence-electron chi connectivity index (χ3n) is 15.3. The average molecular weight is 1240 g/mol. The highest BCUT2D eigenvalue weighted by Gasteiger charge is 2.30. The van der Waals surface area contributed by atoms with Crippen LogP contribution in [0, 0.1) is 11.8 Å². The van der Waals surface area contributed by atoms with E-state index in [1.807, 2.05) is 0 Å². The van der Waals surface area contributed by atoms with Crippen LogP contribution in [0.3, 0.4) is 0 Å². The largest absolute Gasteiger partial charge is 0.472 e. The first-order valence-electron chi connectivity index (χ1n) is 34.0. The molecule has 0 aliphatic carbocycles. The van der Waals surface area contributed by atoms with Gasteiger partial charge in [-0.05, 0) is 37.5 Å². The maximum atomic E-state index is 13.0. The molecule has 498 valence electrons. The monoisotopic (exact) mass is 1240 g/mol. The molecule has 0 radical (unpaired) electrons. The van der Waals surface area contributed by atoms with E-state index in [1.165, 1.54) is 122 Å². The summed E-state index contributed by atoms with van der Waals surface area (Å²) in [5.74, 6) is -0.605. The zero-order chi connectivity index (χ0) is 62.2. The van der Waals surface area contributed by atoms with Gasteiger partial charge in [-0.15, -0.1) is 0 Å². The number of aliphatic hydroxyl groups excluding tert-OH is 1. The smallest absolute Gasteiger partial charge is 0.462 e. The first kappa shape index (κ1) is 82.1. The molecule has 0 fully saturated rings. The lowest BCUT2D eigenvalue weighted by Crippen LogP contribution is -2.30. The lowest BCUT2D eigenvalue weighted by atomic mass is 10.00. The van der Waals surface area contributed by atoms with Crippen molar-refractivity contribution in [1.29, 1.82) is 0 Å². The average Bonchev–Trinajstić information content (AvgIpc) is 3.65. The molecule has 0 amide bonds. The number of unbranched alkanes of at least 4 members (excludes halogenated alkanes) is 33. The van der Waals surface area contributed by atoms with Crippen LogP contribution >= 0.6 is 15.6 Å². The van der Waals surface area contributed by atoms with Gasteiger partial charge >= 0.3 is 39.5 Å². The molecule has 19 heteroatoms. The number of phosphoric acid groups is 2. The van der Waals surface area contributed by atoms with Crippen molar-refractivity contribution in [2.24, 2.45) is 11.8 Å². The fraction of sp³-hybridized carbons (Fsp3) is 0.938. The number of aliphatic hydroxyl groups is 1. The number of carbonyl (C=O) groups is 4. The van der Waals surface area contributed by atoms with Crippen LogP contribution in [0.1, 0.15) is 324 Å². The van der Waals surface area contributed by atoms with Gasteiger partial charge in [0.1, 0.15) is 19.3 Å². The summed E-state index contributed by atoms with van der Waals surface area (Å²) in [6, 6.07) is 0. The molecule has 0 saturated carbocycles. The van der Waals surface area contributed by atoms with E-state index in [2.05, 4.69) is 41.5 Å². The van der Waals surface area contributed by atoms with Crippen LogP contribution in [0.25, 0.3) is 0 Å². The highest BCUT2D eigenvalue weighted by atomic mass is 31.2. The van der Waals surface area contributed by atoms with E-state index in [0.29, 0.717) is 25.7 Å². The van der Waals surface area contributed by atoms with Crippen molar-refractivity contribution < 1.29 is 80.2 Å². The molecule has 84 heavy (non-hydrogen) atoms. The van der Waals surface area contributed by atoms with Gasteiger partial charge in [-0.25, -0.2) is 9.13 Å². The molecule has 0 heterocycles. The zero-order valence-electron chi connectivity index (χ0n) is 54.2. The molecule has 0 aromatic heterocycles. The van der Waals surface area contributed by atoms with Crippen LogP contribution in [0.15, 0.2) is 0 Å². The Kier molecular flexibility index (Phi) is 56.2. The summed E-state index contributed by atoms with van der Waals surface area (Å²) < 4.78 is 67.9. The Balaban J connectivity index is 5.16. The van der Waals surface area contributed by atoms with Crippen LogP contribution in [-0.2, 0) is 65.4 Å². The van der Waals surface area contributed by atoms with E-state index in [4.69, 9.17) is 37.0 Å². The first-order valence-corrected chi connectivity index (χ1v) is 37.0. The second kappa shape index (κ2) is 57.5. The van der Waals surface area contributed by atoms with Crippen LogP contribution in [0.5, 0.6) is 0 Å². The van der Waals surface area contributed by atoms with Gasteiger partial charge < -0.3 is 33.8 Å². The number of carbonyl (C=O) groups excluding carboxylic acids is 4. The van der Waals surface area contributed by atoms with E-state index in [9.17, 15) is 43.2 Å². The molecule has 17 nitrogen and oxygen atoms in total. The summed E-state index contributed by atoms with van der Waals surface area (Å²) in [7, 11) is -9.88. The predicted octanol–water partition coefficient (Wildman–Crippen LogP) is 18.0. The van der Waals surface area contributed by atoms with E-state index in [-0.39, 0.29) is 25.7 Å². The van der Waals surface area contributed by atoms with Crippen molar-refractivity contribution in [3.8, 4) is 0 Å². The van der Waals surface area contributed by atoms with Gasteiger partial charge in [0, 0.05) is 25.7 Å². The summed E-state index contributed by atoms with van der Waals surface area (Å²) in [5.41, 5.74) is 0. The Bertz CT molecular complexity index is 1650. The quantitative estimate of drug-likeness (QED) is 0.0222. The molecular weight excluding hydrogens is 1110 g/mol. The fourth-order valence-corrected chi connectivity index (χ4v) is 11.3. The number of rotatable bonds is 64. The van der Waals surface area contributed by atoms with Crippen molar-refractivity contribution >= 4 is 39.5 Å². The molecular formula is C65H126O17P2. The van der Waals surface area contributed by atoms with Crippen LogP contribution < -0.4 is 0 Å². The molecule has 0 aliphatic heterocycles. The van der Waals surface area contributed by atoms with Crippen molar-refractivity contribution in [3.63, 3.8) is 0 Å². The number of hydrogen-bond acceptors (Lipinski definition) is 15. The van der Waals surface area contributed by atoms with Gasteiger partial charge in [-0.3, -0.25) is 37.3 Å². The molecule has 0 spiro atoms. The second-order valence-corrected chi connectivity index (χ2v) is 27.1. The molecule has 3 unspecified atom stereocenters. The lowest BCUT2D eigenvalue weighted by molar-refractivity contribution is -0.161. The molecule has 0 rings (SSSR count). The highest BCUT2D eigenvalue weighted by molar-refractivity contribution is 7.47. The molecule has 0 saturated heterocycles. The Morgan fingerprint density at radius 3 is 0.905 bits per heavy atom. The number of phosphoric ester groups is 2. The minimum absolute atomic E-state index is 0.105. The summed E-state index contributed by atoms with van der Waals surface area (Å²) >= 11 is 0. The van der Waals surface area contributed by atoms with Crippen molar-refractivity contribution in [2.45, 2.75) is 342 Å². The fourth-order valence-electron chi connectivity index (χ4n) is 9.68. The number of hydrogen-bond donors (Lipinski definition) is 3. The van der Waals surface area contributed by atoms with E-state index in [1.54, 1.807) is 0 Å². The first-order chi connectivity index (χ1) is 40.4. The van der Waals surface area contributed by atoms with Crippen molar-refractivity contribution in [2.75, 3.05) is 39.6 Å². The Morgan fingerprint density at radius 1 is 0.345 bits per heavy atom. The van der Waals surface area contributed by atoms with Crippen LogP contribution in [-0.4, -0.2) is 96.7 Å². The van der Waals surface area contributed by atoms with Crippen molar-refractivity contribution in [3.05, 3.63) is 0 Å². The third-order valence-corrected chi connectivity index (χ3v) is 17.2. The molecule has 0 aromatic rings. The lowest BCUT2D eigenvalue weighted by Gasteiger charge is -2.21. The summed E-state index contributed by atoms with van der Waals surface area (Å²) in [6.07, 6.45) is 40.5. The van der Waals surface area contributed by atoms with Gasteiger partial charge in [-0.2, -0.15) is 0 Å². The van der Waals surface area contributed by atoms with Gasteiger partial charge in [-0.1, -0.05) is 273 Å². The molecule has 0 bridgehead atoms. The Labute approximate surface area is 511 Å². The third kappa shape index (κ3) is 57.8. The zero-order valence-corrected chi connectivity index (χ0v) is 56.0. The minimum atomic E-state index is -4.94. The summed E-state index contributed by atoms with van der Waals surface area (Å²) in [4.78, 5) is 72.1. The second-order valence-electron chi connectivity index (χ2n) is 24.2. The van der Waals surface area contributed by atoms with Gasteiger partial charge in [0.05, 0.1) is 26.4 Å². The summed E-state index contributed by atoms with van der Waals surface area (Å²) in [5, 5.41) is 10.5. The van der Waals surface area contributed by atoms with E-state index < -0.39 is 97.5 Å². The number of esters is 4. The highest BCUT2D eigenvalue weighted by Crippen LogP contribution is 2.45. The van der Waals surface area contributed by atoms with Crippen molar-refractivity contribution in [1.82, 2.24) is 0 Å². The maximum Gasteiger partial charge on any atom is 0.472 e. The minimum Gasteiger partial charge on any atom is -0.462 e. The molecule has 0 aliphatic rings. The van der Waals surface area contributed by atoms with Crippen LogP contribution in [0.2, 0.25) is 0 Å². The Hall–Kier alpha value is -1.94. The van der Waals surface area contributed by atoms with Crippen LogP contribution in [0.4, 0.5) is 0 Å². The van der Waals surface area contributed by atoms with Gasteiger partial charge in [0.25, 0.3) is 0 Å². The number of ether oxygens (including phenoxy) is 4. The Morgan fingerprint density at radius 2 is 0.607 bits per heavy atom. The van der Waals surface area contributed by atoms with E-state index >= 15 is 0 Å². The molecule has 0 aromatic carbocycles. The van der Waals surface area contributed by atoms with E-state index in [0.717, 1.165) is 121 Å². The normalized spacial score (nSPS) is 14.6.